The van der Waals surface area contributed by atoms with E-state index in [2.05, 4.69) is 15.0 Å². The van der Waals surface area contributed by atoms with Gasteiger partial charge in [0.05, 0.1) is 24.1 Å². The number of methoxy groups -OCH3 is 1. The number of aryl methyl sites for hydroxylation is 2. The molecule has 3 rings (SSSR count). The lowest BCUT2D eigenvalue weighted by atomic mass is 10.1. The van der Waals surface area contributed by atoms with E-state index in [1.165, 1.54) is 19.2 Å². The molecule has 2 aromatic carbocycles. The second-order valence-electron chi connectivity index (χ2n) is 6.53. The number of benzene rings is 2. The molecule has 0 radical (unpaired) electrons. The highest BCUT2D eigenvalue weighted by Gasteiger charge is 2.17. The Kier molecular flexibility index (Phi) is 6.19. The van der Waals surface area contributed by atoms with Crippen LogP contribution in [-0.2, 0) is 21.2 Å². The zero-order valence-corrected chi connectivity index (χ0v) is 17.9. The van der Waals surface area contributed by atoms with Crippen LogP contribution in [0.1, 0.15) is 16.8 Å². The second kappa shape index (κ2) is 8.62. The molecule has 3 aromatic rings. The summed E-state index contributed by atoms with van der Waals surface area (Å²) in [6.45, 7) is 3.93. The van der Waals surface area contributed by atoms with Gasteiger partial charge in [-0.15, -0.1) is 11.3 Å². The molecule has 0 saturated carbocycles. The number of ether oxygens (including phenoxy) is 1. The van der Waals surface area contributed by atoms with Gasteiger partial charge in [-0.2, -0.15) is 0 Å². The zero-order valence-electron chi connectivity index (χ0n) is 16.2. The maximum Gasteiger partial charge on any atom is 0.263 e. The van der Waals surface area contributed by atoms with Crippen molar-refractivity contribution in [3.8, 4) is 5.75 Å². The monoisotopic (exact) mass is 431 g/mol. The molecule has 0 atom stereocenters. The van der Waals surface area contributed by atoms with E-state index in [0.29, 0.717) is 11.4 Å². The van der Waals surface area contributed by atoms with Gasteiger partial charge in [0.1, 0.15) is 5.75 Å². The topological polar surface area (TPSA) is 97.4 Å². The summed E-state index contributed by atoms with van der Waals surface area (Å²) in [5.74, 6) is 0.347. The normalized spacial score (nSPS) is 11.1. The summed E-state index contributed by atoms with van der Waals surface area (Å²) in [4.78, 5) is 16.6. The van der Waals surface area contributed by atoms with Crippen molar-refractivity contribution in [3.05, 3.63) is 64.7 Å². The van der Waals surface area contributed by atoms with Gasteiger partial charge in [-0.1, -0.05) is 6.07 Å². The average molecular weight is 432 g/mol. The van der Waals surface area contributed by atoms with Crippen LogP contribution in [0.5, 0.6) is 5.75 Å². The first-order valence-electron chi connectivity index (χ1n) is 8.74. The number of carbonyl (C=O) groups is 1. The molecule has 2 N–H and O–H groups in total. The number of nitrogens with one attached hydrogen (secondary N) is 2. The fourth-order valence-electron chi connectivity index (χ4n) is 2.78. The number of amides is 1. The summed E-state index contributed by atoms with van der Waals surface area (Å²) in [5, 5.41) is 4.70. The van der Waals surface area contributed by atoms with E-state index in [9.17, 15) is 13.2 Å². The van der Waals surface area contributed by atoms with Crippen LogP contribution in [0.3, 0.4) is 0 Å². The fourth-order valence-corrected chi connectivity index (χ4v) is 4.74. The summed E-state index contributed by atoms with van der Waals surface area (Å²) >= 11 is 1.13. The summed E-state index contributed by atoms with van der Waals surface area (Å²) in [7, 11) is -2.26. The third kappa shape index (κ3) is 5.55. The minimum atomic E-state index is -3.77. The summed E-state index contributed by atoms with van der Waals surface area (Å²) < 4.78 is 32.4. The molecule has 152 valence electrons. The van der Waals surface area contributed by atoms with Crippen molar-refractivity contribution in [1.29, 1.82) is 0 Å². The lowest BCUT2D eigenvalue weighted by Gasteiger charge is -2.07. The van der Waals surface area contributed by atoms with Gasteiger partial charge in [0.2, 0.25) is 5.91 Å². The Morgan fingerprint density at radius 1 is 1.10 bits per heavy atom. The van der Waals surface area contributed by atoms with Crippen molar-refractivity contribution in [3.63, 3.8) is 0 Å². The number of aromatic nitrogens is 1. The minimum Gasteiger partial charge on any atom is -0.497 e. The predicted molar refractivity (Wildman–Crippen MR) is 114 cm³/mol. The molecule has 0 unspecified atom stereocenters. The Balaban J connectivity index is 1.64. The maximum absolute atomic E-state index is 12.5. The molecule has 1 aromatic heterocycles. The molecule has 0 aliphatic heterocycles. The number of rotatable bonds is 7. The zero-order chi connectivity index (χ0) is 21.0. The maximum atomic E-state index is 12.5. The van der Waals surface area contributed by atoms with E-state index in [0.717, 1.165) is 28.2 Å². The highest BCUT2D eigenvalue weighted by atomic mass is 32.2. The van der Waals surface area contributed by atoms with E-state index >= 15 is 0 Å². The van der Waals surface area contributed by atoms with Crippen molar-refractivity contribution in [1.82, 2.24) is 4.98 Å². The Morgan fingerprint density at radius 2 is 1.76 bits per heavy atom. The highest BCUT2D eigenvalue weighted by Crippen LogP contribution is 2.22. The highest BCUT2D eigenvalue weighted by molar-refractivity contribution is 7.93. The van der Waals surface area contributed by atoms with Gasteiger partial charge in [-0.05, 0) is 61.4 Å². The molecule has 0 aliphatic rings. The summed E-state index contributed by atoms with van der Waals surface area (Å²) in [6.07, 6.45) is 0.0494. The lowest BCUT2D eigenvalue weighted by Crippen LogP contribution is -2.15. The first-order chi connectivity index (χ1) is 13.7. The predicted octanol–water partition coefficient (Wildman–Crippen LogP) is 3.75. The quantitative estimate of drug-likeness (QED) is 0.594. The molecule has 0 spiro atoms. The third-order valence-corrected chi connectivity index (χ3v) is 6.28. The van der Waals surface area contributed by atoms with Gasteiger partial charge < -0.3 is 10.1 Å². The number of thiazole rings is 1. The van der Waals surface area contributed by atoms with Gasteiger partial charge in [0.25, 0.3) is 10.0 Å². The Labute approximate surface area is 173 Å². The number of hydrogen-bond acceptors (Lipinski definition) is 6. The molecule has 0 aliphatic carbocycles. The Bertz CT molecular complexity index is 1100. The summed E-state index contributed by atoms with van der Waals surface area (Å²) in [6, 6.07) is 11.8. The standard InChI is InChI=1S/C20H21N3O4S2/c1-13-8-14(2)10-15(9-13)21-19(24)11-16-12-28-20(22-16)23-29(25,26)18-6-4-17(27-3)5-7-18/h4-10,12H,11H2,1-3H3,(H,21,24)(H,22,23). The lowest BCUT2D eigenvalue weighted by molar-refractivity contribution is -0.115. The van der Waals surface area contributed by atoms with Gasteiger partial charge in [0, 0.05) is 11.1 Å². The van der Waals surface area contributed by atoms with Crippen molar-refractivity contribution >= 4 is 38.1 Å². The SMILES string of the molecule is COc1ccc(S(=O)(=O)Nc2nc(CC(=O)Nc3cc(C)cc(C)c3)cs2)cc1. The Morgan fingerprint density at radius 3 is 2.38 bits per heavy atom. The first kappa shape index (κ1) is 20.8. The minimum absolute atomic E-state index is 0.0494. The molecule has 0 saturated heterocycles. The van der Waals surface area contributed by atoms with Crippen LogP contribution in [0.25, 0.3) is 0 Å². The first-order valence-corrected chi connectivity index (χ1v) is 11.1. The second-order valence-corrected chi connectivity index (χ2v) is 9.07. The van der Waals surface area contributed by atoms with Crippen LogP contribution in [0, 0.1) is 13.8 Å². The fraction of sp³-hybridized carbons (Fsp3) is 0.200. The van der Waals surface area contributed by atoms with Gasteiger partial charge >= 0.3 is 0 Å². The van der Waals surface area contributed by atoms with Crippen LogP contribution >= 0.6 is 11.3 Å². The van der Waals surface area contributed by atoms with Crippen molar-refractivity contribution in [2.75, 3.05) is 17.1 Å². The number of hydrogen-bond donors (Lipinski definition) is 2. The summed E-state index contributed by atoms with van der Waals surface area (Å²) in [5.41, 5.74) is 3.33. The molecule has 0 fully saturated rings. The van der Waals surface area contributed by atoms with Crippen LogP contribution in [0.15, 0.2) is 52.7 Å². The third-order valence-electron chi connectivity index (χ3n) is 3.99. The van der Waals surface area contributed by atoms with E-state index < -0.39 is 10.0 Å². The molecule has 0 bridgehead atoms. The molecular formula is C20H21N3O4S2. The van der Waals surface area contributed by atoms with Gasteiger partial charge in [-0.25, -0.2) is 13.4 Å². The molecule has 7 nitrogen and oxygen atoms in total. The largest absolute Gasteiger partial charge is 0.497 e. The van der Waals surface area contributed by atoms with E-state index in [4.69, 9.17) is 4.74 Å². The van der Waals surface area contributed by atoms with Gasteiger partial charge in [0.15, 0.2) is 5.13 Å². The number of sulfonamides is 1. The van der Waals surface area contributed by atoms with Crippen molar-refractivity contribution < 1.29 is 17.9 Å². The molecule has 1 heterocycles. The van der Waals surface area contributed by atoms with Crippen LogP contribution in [-0.4, -0.2) is 26.4 Å². The van der Waals surface area contributed by atoms with E-state index in [1.807, 2.05) is 32.0 Å². The molecule has 9 heteroatoms. The van der Waals surface area contributed by atoms with Crippen LogP contribution < -0.4 is 14.8 Å². The van der Waals surface area contributed by atoms with Crippen LogP contribution in [0.4, 0.5) is 10.8 Å². The van der Waals surface area contributed by atoms with Crippen molar-refractivity contribution in [2.24, 2.45) is 0 Å². The smallest absolute Gasteiger partial charge is 0.263 e. The number of anilines is 2. The Hall–Kier alpha value is -2.91. The van der Waals surface area contributed by atoms with Gasteiger partial charge in [-0.3, -0.25) is 9.52 Å². The van der Waals surface area contributed by atoms with E-state index in [1.54, 1.807) is 17.5 Å². The van der Waals surface area contributed by atoms with Crippen LogP contribution in [0.2, 0.25) is 0 Å². The molecular weight excluding hydrogens is 410 g/mol. The van der Waals surface area contributed by atoms with E-state index in [-0.39, 0.29) is 22.4 Å². The molecule has 1 amide bonds. The molecule has 29 heavy (non-hydrogen) atoms. The average Bonchev–Trinajstić information content (AvgIpc) is 3.06. The number of nitrogens with zero attached hydrogens (tertiary/aromatic N) is 1. The van der Waals surface area contributed by atoms with Crippen molar-refractivity contribution in [2.45, 2.75) is 25.2 Å². The number of carbonyl (C=O) groups excluding carboxylic acids is 1.